The monoisotopic (exact) mass is 227 g/mol. The van der Waals surface area contributed by atoms with E-state index in [0.717, 1.165) is 18.8 Å². The summed E-state index contributed by atoms with van der Waals surface area (Å²) >= 11 is 1.95. The molecule has 1 aromatic rings. The van der Waals surface area contributed by atoms with E-state index in [1.54, 1.807) is 0 Å². The summed E-state index contributed by atoms with van der Waals surface area (Å²) in [6, 6.07) is 0. The molecule has 1 unspecified atom stereocenters. The van der Waals surface area contributed by atoms with Crippen LogP contribution in [0.2, 0.25) is 0 Å². The zero-order valence-corrected chi connectivity index (χ0v) is 9.50. The number of thioether (sulfide) groups is 1. The lowest BCUT2D eigenvalue weighted by Crippen LogP contribution is -2.30. The average Bonchev–Trinajstić information content (AvgIpc) is 2.44. The van der Waals surface area contributed by atoms with Crippen molar-refractivity contribution in [2.24, 2.45) is 5.92 Å². The molecule has 0 bridgehead atoms. The molecular formula is C10H14FN3S. The normalized spacial score (nSPS) is 22.5. The summed E-state index contributed by atoms with van der Waals surface area (Å²) in [6.07, 6.45) is 2.45. The Labute approximate surface area is 93.1 Å². The van der Waals surface area contributed by atoms with Crippen molar-refractivity contribution in [1.29, 1.82) is 0 Å². The second-order valence-electron chi connectivity index (χ2n) is 3.83. The molecule has 0 spiro atoms. The van der Waals surface area contributed by atoms with E-state index in [9.17, 15) is 4.39 Å². The molecule has 0 N–H and O–H groups in total. The van der Waals surface area contributed by atoms with Crippen molar-refractivity contribution < 1.29 is 4.39 Å². The fraction of sp³-hybridized carbons (Fsp3) is 0.600. The average molecular weight is 227 g/mol. The number of rotatable bonds is 1. The van der Waals surface area contributed by atoms with Crippen LogP contribution < -0.4 is 4.90 Å². The molecule has 15 heavy (non-hydrogen) atoms. The van der Waals surface area contributed by atoms with Crippen LogP contribution in [0.4, 0.5) is 10.3 Å². The van der Waals surface area contributed by atoms with Gasteiger partial charge in [-0.2, -0.15) is 11.8 Å². The van der Waals surface area contributed by atoms with E-state index < -0.39 is 0 Å². The van der Waals surface area contributed by atoms with Crippen molar-refractivity contribution in [2.45, 2.75) is 6.92 Å². The lowest BCUT2D eigenvalue weighted by atomic mass is 10.2. The minimum atomic E-state index is -0.379. The van der Waals surface area contributed by atoms with Gasteiger partial charge in [-0.3, -0.25) is 0 Å². The van der Waals surface area contributed by atoms with Gasteiger partial charge in [-0.05, 0) is 11.7 Å². The first-order valence-corrected chi connectivity index (χ1v) is 6.21. The number of halogens is 1. The van der Waals surface area contributed by atoms with Crippen LogP contribution in [0, 0.1) is 11.7 Å². The van der Waals surface area contributed by atoms with Gasteiger partial charge < -0.3 is 4.90 Å². The largest absolute Gasteiger partial charge is 0.340 e. The first kappa shape index (κ1) is 10.7. The Morgan fingerprint density at radius 1 is 1.47 bits per heavy atom. The summed E-state index contributed by atoms with van der Waals surface area (Å²) in [6.45, 7) is 4.12. The molecule has 3 nitrogen and oxygen atoms in total. The Morgan fingerprint density at radius 3 is 2.93 bits per heavy atom. The predicted molar refractivity (Wildman–Crippen MR) is 60.7 cm³/mol. The van der Waals surface area contributed by atoms with Crippen LogP contribution in [0.25, 0.3) is 0 Å². The molecule has 1 saturated heterocycles. The SMILES string of the molecule is CC1CSCCN(c2ncc(F)cn2)C1. The number of anilines is 1. The molecule has 2 heterocycles. The molecule has 0 saturated carbocycles. The van der Waals surface area contributed by atoms with Crippen molar-refractivity contribution in [1.82, 2.24) is 9.97 Å². The zero-order valence-electron chi connectivity index (χ0n) is 8.69. The molecule has 1 fully saturated rings. The highest BCUT2D eigenvalue weighted by atomic mass is 32.2. The maximum Gasteiger partial charge on any atom is 0.225 e. The highest BCUT2D eigenvalue weighted by Gasteiger charge is 2.16. The number of hydrogen-bond acceptors (Lipinski definition) is 4. The second kappa shape index (κ2) is 4.79. The molecular weight excluding hydrogens is 213 g/mol. The minimum absolute atomic E-state index is 0.379. The summed E-state index contributed by atoms with van der Waals surface area (Å²) in [5.41, 5.74) is 0. The molecule has 2 rings (SSSR count). The minimum Gasteiger partial charge on any atom is -0.340 e. The molecule has 5 heteroatoms. The standard InChI is InChI=1S/C10H14FN3S/c1-8-6-14(2-3-15-7-8)10-12-4-9(11)5-13-10/h4-5,8H,2-3,6-7H2,1H3. The maximum atomic E-state index is 12.7. The zero-order chi connectivity index (χ0) is 10.7. The van der Waals surface area contributed by atoms with Gasteiger partial charge in [0, 0.05) is 18.8 Å². The predicted octanol–water partition coefficient (Wildman–Crippen LogP) is 1.80. The third-order valence-corrected chi connectivity index (χ3v) is 3.61. The van der Waals surface area contributed by atoms with Crippen molar-refractivity contribution in [2.75, 3.05) is 29.5 Å². The van der Waals surface area contributed by atoms with E-state index in [1.165, 1.54) is 18.1 Å². The van der Waals surface area contributed by atoms with Crippen LogP contribution in [0.1, 0.15) is 6.92 Å². The van der Waals surface area contributed by atoms with Gasteiger partial charge in [0.25, 0.3) is 0 Å². The van der Waals surface area contributed by atoms with E-state index in [-0.39, 0.29) is 5.82 Å². The molecule has 0 aromatic carbocycles. The van der Waals surface area contributed by atoms with Crippen LogP contribution in [0.5, 0.6) is 0 Å². The smallest absolute Gasteiger partial charge is 0.225 e. The van der Waals surface area contributed by atoms with Crippen LogP contribution in [-0.2, 0) is 0 Å². The van der Waals surface area contributed by atoms with E-state index in [0.29, 0.717) is 11.9 Å². The Kier molecular flexibility index (Phi) is 3.41. The van der Waals surface area contributed by atoms with Crippen molar-refractivity contribution in [3.8, 4) is 0 Å². The Balaban J connectivity index is 2.11. The van der Waals surface area contributed by atoms with Gasteiger partial charge in [0.05, 0.1) is 12.4 Å². The van der Waals surface area contributed by atoms with Crippen molar-refractivity contribution in [3.63, 3.8) is 0 Å². The second-order valence-corrected chi connectivity index (χ2v) is 4.98. The lowest BCUT2D eigenvalue weighted by Gasteiger charge is -2.21. The molecule has 1 aliphatic heterocycles. The summed E-state index contributed by atoms with van der Waals surface area (Å²) in [4.78, 5) is 10.1. The molecule has 0 amide bonds. The highest BCUT2D eigenvalue weighted by molar-refractivity contribution is 7.99. The van der Waals surface area contributed by atoms with Gasteiger partial charge in [-0.15, -0.1) is 0 Å². The van der Waals surface area contributed by atoms with Crippen LogP contribution >= 0.6 is 11.8 Å². The molecule has 0 radical (unpaired) electrons. The number of aromatic nitrogens is 2. The van der Waals surface area contributed by atoms with Crippen LogP contribution in [0.15, 0.2) is 12.4 Å². The van der Waals surface area contributed by atoms with Crippen molar-refractivity contribution in [3.05, 3.63) is 18.2 Å². The number of hydrogen-bond donors (Lipinski definition) is 0. The topological polar surface area (TPSA) is 29.0 Å². The van der Waals surface area contributed by atoms with Gasteiger partial charge in [-0.25, -0.2) is 14.4 Å². The van der Waals surface area contributed by atoms with Gasteiger partial charge in [-0.1, -0.05) is 6.92 Å². The summed E-state index contributed by atoms with van der Waals surface area (Å²) in [7, 11) is 0. The molecule has 1 atom stereocenters. The third-order valence-electron chi connectivity index (χ3n) is 2.33. The van der Waals surface area contributed by atoms with E-state index in [1.807, 2.05) is 11.8 Å². The third kappa shape index (κ3) is 2.81. The van der Waals surface area contributed by atoms with Crippen LogP contribution in [0.3, 0.4) is 0 Å². The first-order chi connectivity index (χ1) is 7.25. The van der Waals surface area contributed by atoms with Crippen LogP contribution in [-0.4, -0.2) is 34.6 Å². The summed E-state index contributed by atoms with van der Waals surface area (Å²) in [5, 5.41) is 0. The number of nitrogens with zero attached hydrogens (tertiary/aromatic N) is 3. The maximum absolute atomic E-state index is 12.7. The Bertz CT molecular complexity index is 317. The van der Waals surface area contributed by atoms with Crippen molar-refractivity contribution >= 4 is 17.7 Å². The molecule has 82 valence electrons. The van der Waals surface area contributed by atoms with Gasteiger partial charge in [0.2, 0.25) is 5.95 Å². The van der Waals surface area contributed by atoms with E-state index in [2.05, 4.69) is 21.8 Å². The van der Waals surface area contributed by atoms with E-state index in [4.69, 9.17) is 0 Å². The Hall–Kier alpha value is -0.840. The quantitative estimate of drug-likeness (QED) is 0.731. The summed E-state index contributed by atoms with van der Waals surface area (Å²) in [5.74, 6) is 3.16. The van der Waals surface area contributed by atoms with Gasteiger partial charge >= 0.3 is 0 Å². The van der Waals surface area contributed by atoms with Gasteiger partial charge in [0.1, 0.15) is 0 Å². The molecule has 0 aliphatic carbocycles. The highest BCUT2D eigenvalue weighted by Crippen LogP contribution is 2.18. The fourth-order valence-corrected chi connectivity index (χ4v) is 2.65. The summed E-state index contributed by atoms with van der Waals surface area (Å²) < 4.78 is 12.7. The molecule has 1 aromatic heterocycles. The van der Waals surface area contributed by atoms with E-state index >= 15 is 0 Å². The lowest BCUT2D eigenvalue weighted by molar-refractivity contribution is 0.601. The van der Waals surface area contributed by atoms with Gasteiger partial charge in [0.15, 0.2) is 5.82 Å². The molecule has 1 aliphatic rings. The fourth-order valence-electron chi connectivity index (χ4n) is 1.63. The Morgan fingerprint density at radius 2 is 2.20 bits per heavy atom. The first-order valence-electron chi connectivity index (χ1n) is 5.06.